The van der Waals surface area contributed by atoms with Gasteiger partial charge in [0.05, 0.1) is 26.7 Å². The van der Waals surface area contributed by atoms with E-state index in [-0.39, 0.29) is 6.61 Å². The molecule has 0 saturated heterocycles. The predicted molar refractivity (Wildman–Crippen MR) is 70.6 cm³/mol. The second-order valence-electron chi connectivity index (χ2n) is 5.18. The average Bonchev–Trinajstić information content (AvgIpc) is 2.35. The van der Waals surface area contributed by atoms with Crippen molar-refractivity contribution in [1.82, 2.24) is 0 Å². The van der Waals surface area contributed by atoms with Crippen LogP contribution in [0.3, 0.4) is 0 Å². The number of hydrogen-bond acceptors (Lipinski definition) is 4. The van der Waals surface area contributed by atoms with E-state index < -0.39 is 11.9 Å². The summed E-state index contributed by atoms with van der Waals surface area (Å²) in [4.78, 5) is 22.9. The zero-order valence-electron chi connectivity index (χ0n) is 11.6. The van der Waals surface area contributed by atoms with Crippen molar-refractivity contribution < 1.29 is 23.5 Å². The molecule has 0 atom stereocenters. The molecule has 1 rings (SSSR count). The highest BCUT2D eigenvalue weighted by Crippen LogP contribution is 2.01. The Morgan fingerprint density at radius 3 is 2.26 bits per heavy atom. The van der Waals surface area contributed by atoms with E-state index in [1.807, 2.05) is 21.1 Å². The lowest BCUT2D eigenvalue weighted by molar-refractivity contribution is -0.870. The Balaban J connectivity index is 2.25. The van der Waals surface area contributed by atoms with Crippen molar-refractivity contribution in [1.29, 1.82) is 0 Å². The van der Waals surface area contributed by atoms with Gasteiger partial charge in [0, 0.05) is 0 Å². The van der Waals surface area contributed by atoms with E-state index in [0.29, 0.717) is 23.2 Å². The highest BCUT2D eigenvalue weighted by Gasteiger charge is 2.12. The van der Waals surface area contributed by atoms with Gasteiger partial charge in [-0.25, -0.2) is 9.59 Å². The van der Waals surface area contributed by atoms with Gasteiger partial charge in [0.25, 0.3) is 0 Å². The summed E-state index contributed by atoms with van der Waals surface area (Å²) >= 11 is 0. The first kappa shape index (κ1) is 15.2. The third kappa shape index (κ3) is 6.57. The van der Waals surface area contributed by atoms with E-state index in [1.54, 1.807) is 30.3 Å². The van der Waals surface area contributed by atoms with Gasteiger partial charge in [-0.1, -0.05) is 18.2 Å². The molecule has 0 aliphatic carbocycles. The van der Waals surface area contributed by atoms with Crippen LogP contribution in [-0.2, 0) is 14.3 Å². The van der Waals surface area contributed by atoms with E-state index in [1.165, 1.54) is 0 Å². The van der Waals surface area contributed by atoms with Gasteiger partial charge in [-0.15, -0.1) is 0 Å². The molecule has 0 aliphatic rings. The van der Waals surface area contributed by atoms with Crippen LogP contribution in [0.25, 0.3) is 0 Å². The van der Waals surface area contributed by atoms with Crippen LogP contribution in [0, 0.1) is 0 Å². The minimum Gasteiger partial charge on any atom is -0.457 e. The largest absolute Gasteiger partial charge is 0.457 e. The maximum Gasteiger partial charge on any atom is 0.344 e. The number of carbonyl (C=O) groups is 2. The van der Waals surface area contributed by atoms with Gasteiger partial charge in [-0.2, -0.15) is 0 Å². The van der Waals surface area contributed by atoms with Gasteiger partial charge in [-0.3, -0.25) is 0 Å². The predicted octanol–water partition coefficient (Wildman–Crippen LogP) is 1.09. The topological polar surface area (TPSA) is 52.6 Å². The number of esters is 2. The summed E-state index contributed by atoms with van der Waals surface area (Å²) in [7, 11) is 6.01. The summed E-state index contributed by atoms with van der Waals surface area (Å²) in [5.41, 5.74) is 0.418. The Kier molecular flexibility index (Phi) is 5.51. The zero-order valence-corrected chi connectivity index (χ0v) is 11.6. The lowest BCUT2D eigenvalue weighted by Gasteiger charge is -2.23. The molecule has 0 spiro atoms. The monoisotopic (exact) mass is 266 g/mol. The molecule has 0 N–H and O–H groups in total. The molecule has 1 aromatic rings. The summed E-state index contributed by atoms with van der Waals surface area (Å²) in [6.07, 6.45) is 0. The van der Waals surface area contributed by atoms with Crippen LogP contribution in [0.5, 0.6) is 0 Å². The molecule has 19 heavy (non-hydrogen) atoms. The first-order valence-electron chi connectivity index (χ1n) is 6.07. The molecule has 5 nitrogen and oxygen atoms in total. The van der Waals surface area contributed by atoms with Crippen molar-refractivity contribution in [2.24, 2.45) is 0 Å². The quantitative estimate of drug-likeness (QED) is 0.571. The van der Waals surface area contributed by atoms with Crippen LogP contribution in [0.2, 0.25) is 0 Å². The summed E-state index contributed by atoms with van der Waals surface area (Å²) in [6.45, 7) is 0.661. The number of nitrogens with zero attached hydrogens (tertiary/aromatic N) is 1. The number of quaternary nitrogens is 1. The third-order valence-corrected chi connectivity index (χ3v) is 2.36. The van der Waals surface area contributed by atoms with Crippen molar-refractivity contribution in [3.63, 3.8) is 0 Å². The lowest BCUT2D eigenvalue weighted by atomic mass is 10.2. The lowest BCUT2D eigenvalue weighted by Crippen LogP contribution is -2.38. The van der Waals surface area contributed by atoms with E-state index >= 15 is 0 Å². The van der Waals surface area contributed by atoms with Gasteiger partial charge in [-0.05, 0) is 12.1 Å². The van der Waals surface area contributed by atoms with E-state index in [2.05, 4.69) is 0 Å². The fraction of sp³-hybridized carbons (Fsp3) is 0.429. The maximum atomic E-state index is 11.5. The highest BCUT2D eigenvalue weighted by atomic mass is 16.6. The Hall–Kier alpha value is -1.88. The van der Waals surface area contributed by atoms with Gasteiger partial charge < -0.3 is 14.0 Å². The molecular formula is C14H20NO4+. The van der Waals surface area contributed by atoms with Crippen molar-refractivity contribution in [3.05, 3.63) is 35.9 Å². The molecular weight excluding hydrogens is 246 g/mol. The Morgan fingerprint density at radius 1 is 1.05 bits per heavy atom. The van der Waals surface area contributed by atoms with E-state index in [4.69, 9.17) is 9.47 Å². The van der Waals surface area contributed by atoms with Crippen molar-refractivity contribution >= 4 is 11.9 Å². The molecule has 0 aromatic heterocycles. The van der Waals surface area contributed by atoms with Crippen molar-refractivity contribution in [2.75, 3.05) is 40.9 Å². The van der Waals surface area contributed by atoms with Crippen LogP contribution >= 0.6 is 0 Å². The summed E-state index contributed by atoms with van der Waals surface area (Å²) in [6, 6.07) is 8.53. The number of rotatable bonds is 6. The number of ether oxygens (including phenoxy) is 2. The third-order valence-electron chi connectivity index (χ3n) is 2.36. The van der Waals surface area contributed by atoms with Crippen molar-refractivity contribution in [3.8, 4) is 0 Å². The Bertz CT molecular complexity index is 423. The standard InChI is InChI=1S/C14H20NO4/c1-15(2,3)9-10-18-13(16)11-19-14(17)12-7-5-4-6-8-12/h4-8H,9-11H2,1-3H3/q+1. The first-order chi connectivity index (χ1) is 8.88. The summed E-state index contributed by atoms with van der Waals surface area (Å²) in [5.74, 6) is -1.05. The van der Waals surface area contributed by atoms with Gasteiger partial charge in [0.15, 0.2) is 6.61 Å². The molecule has 0 unspecified atom stereocenters. The SMILES string of the molecule is C[N+](C)(C)CCOC(=O)COC(=O)c1ccccc1. The summed E-state index contributed by atoms with van der Waals surface area (Å²) in [5, 5.41) is 0. The zero-order chi connectivity index (χ0) is 14.3. The first-order valence-corrected chi connectivity index (χ1v) is 6.07. The molecule has 104 valence electrons. The van der Waals surface area contributed by atoms with Crippen molar-refractivity contribution in [2.45, 2.75) is 0 Å². The van der Waals surface area contributed by atoms with Gasteiger partial charge in [0.2, 0.25) is 0 Å². The van der Waals surface area contributed by atoms with E-state index in [0.717, 1.165) is 0 Å². The van der Waals surface area contributed by atoms with Gasteiger partial charge in [0.1, 0.15) is 13.2 Å². The molecule has 5 heteroatoms. The molecule has 0 heterocycles. The molecule has 0 radical (unpaired) electrons. The highest BCUT2D eigenvalue weighted by molar-refractivity contribution is 5.90. The van der Waals surface area contributed by atoms with Gasteiger partial charge >= 0.3 is 11.9 Å². The van der Waals surface area contributed by atoms with E-state index in [9.17, 15) is 9.59 Å². The summed E-state index contributed by atoms with van der Waals surface area (Å²) < 4.78 is 10.5. The molecule has 0 bridgehead atoms. The van der Waals surface area contributed by atoms with Crippen LogP contribution in [0.15, 0.2) is 30.3 Å². The maximum absolute atomic E-state index is 11.5. The normalized spacial score (nSPS) is 10.9. The number of likely N-dealkylation sites (N-methyl/N-ethyl adjacent to an activating group) is 1. The number of carbonyl (C=O) groups excluding carboxylic acids is 2. The average molecular weight is 266 g/mol. The Morgan fingerprint density at radius 2 is 1.68 bits per heavy atom. The fourth-order valence-corrected chi connectivity index (χ4v) is 1.26. The fourth-order valence-electron chi connectivity index (χ4n) is 1.26. The second-order valence-corrected chi connectivity index (χ2v) is 5.18. The van der Waals surface area contributed by atoms with Crippen LogP contribution in [-0.4, -0.2) is 57.3 Å². The van der Waals surface area contributed by atoms with Crippen LogP contribution in [0.1, 0.15) is 10.4 Å². The molecule has 0 amide bonds. The smallest absolute Gasteiger partial charge is 0.344 e. The Labute approximate surface area is 113 Å². The van der Waals surface area contributed by atoms with Crippen LogP contribution in [0.4, 0.5) is 0 Å². The molecule has 1 aromatic carbocycles. The number of hydrogen-bond donors (Lipinski definition) is 0. The second kappa shape index (κ2) is 6.89. The molecule has 0 aliphatic heterocycles. The minimum absolute atomic E-state index is 0.311. The van der Waals surface area contributed by atoms with Crippen LogP contribution < -0.4 is 0 Å². The molecule has 0 fully saturated rings. The minimum atomic E-state index is -0.530. The molecule has 0 saturated carbocycles. The number of benzene rings is 1.